The third-order valence-corrected chi connectivity index (χ3v) is 2.65. The minimum Gasteiger partial charge on any atom is -0.383 e. The summed E-state index contributed by atoms with van der Waals surface area (Å²) in [6, 6.07) is 7.99. The Morgan fingerprint density at radius 2 is 2.27 bits per heavy atom. The van der Waals surface area contributed by atoms with Gasteiger partial charge in [-0.15, -0.1) is 0 Å². The van der Waals surface area contributed by atoms with Gasteiger partial charge in [-0.2, -0.15) is 5.26 Å². The van der Waals surface area contributed by atoms with Crippen LogP contribution in [0.15, 0.2) is 18.2 Å². The smallest absolute Gasteiger partial charge is 0.0674 e. The van der Waals surface area contributed by atoms with Gasteiger partial charge in [-0.1, -0.05) is 24.6 Å². The van der Waals surface area contributed by atoms with Gasteiger partial charge < -0.3 is 5.32 Å². The molecule has 0 aromatic heterocycles. The van der Waals surface area contributed by atoms with Crippen molar-refractivity contribution in [1.82, 2.24) is 0 Å². The lowest BCUT2D eigenvalue weighted by atomic mass is 10.1. The normalized spacial score (nSPS) is 11.9. The van der Waals surface area contributed by atoms with Crippen molar-refractivity contribution in [1.29, 1.82) is 5.26 Å². The SMILES string of the molecule is CCC(C#N)CNc1cc(Cl)ccc1C. The van der Waals surface area contributed by atoms with E-state index in [0.29, 0.717) is 11.6 Å². The predicted octanol–water partition coefficient (Wildman–Crippen LogP) is 3.61. The van der Waals surface area contributed by atoms with Gasteiger partial charge in [0.25, 0.3) is 0 Å². The third kappa shape index (κ3) is 3.45. The van der Waals surface area contributed by atoms with Gasteiger partial charge in [0.05, 0.1) is 12.0 Å². The van der Waals surface area contributed by atoms with E-state index < -0.39 is 0 Å². The number of rotatable bonds is 4. The Kier molecular flexibility index (Phi) is 4.45. The summed E-state index contributed by atoms with van der Waals surface area (Å²) in [6.45, 7) is 4.71. The average Bonchev–Trinajstić information content (AvgIpc) is 2.24. The lowest BCUT2D eigenvalue weighted by molar-refractivity contribution is 0.674. The molecule has 3 heteroatoms. The summed E-state index contributed by atoms with van der Waals surface area (Å²) < 4.78 is 0. The van der Waals surface area contributed by atoms with Crippen LogP contribution < -0.4 is 5.32 Å². The first-order chi connectivity index (χ1) is 7.17. The molecule has 1 aromatic carbocycles. The molecule has 1 aromatic rings. The average molecular weight is 223 g/mol. The zero-order valence-electron chi connectivity index (χ0n) is 9.05. The van der Waals surface area contributed by atoms with E-state index in [4.69, 9.17) is 16.9 Å². The second kappa shape index (κ2) is 5.63. The number of nitrogens with zero attached hydrogens (tertiary/aromatic N) is 1. The van der Waals surface area contributed by atoms with Crippen LogP contribution in [0.3, 0.4) is 0 Å². The minimum absolute atomic E-state index is 0.0587. The molecule has 0 fully saturated rings. The summed E-state index contributed by atoms with van der Waals surface area (Å²) in [4.78, 5) is 0. The molecule has 0 bridgehead atoms. The Morgan fingerprint density at radius 1 is 1.53 bits per heavy atom. The topological polar surface area (TPSA) is 35.8 Å². The number of halogens is 1. The Hall–Kier alpha value is -1.20. The molecule has 1 rings (SSSR count). The van der Waals surface area contributed by atoms with Crippen LogP contribution in [0.25, 0.3) is 0 Å². The molecule has 15 heavy (non-hydrogen) atoms. The highest BCUT2D eigenvalue weighted by Gasteiger charge is 2.05. The van der Waals surface area contributed by atoms with Gasteiger partial charge in [0.15, 0.2) is 0 Å². The first kappa shape index (κ1) is 11.9. The maximum atomic E-state index is 8.81. The lowest BCUT2D eigenvalue weighted by Crippen LogP contribution is -2.12. The maximum absolute atomic E-state index is 8.81. The molecule has 0 aliphatic rings. The van der Waals surface area contributed by atoms with Crippen molar-refractivity contribution >= 4 is 17.3 Å². The van der Waals surface area contributed by atoms with Crippen LogP contribution in [0.4, 0.5) is 5.69 Å². The summed E-state index contributed by atoms with van der Waals surface area (Å²) >= 11 is 5.89. The van der Waals surface area contributed by atoms with Crippen LogP contribution >= 0.6 is 11.6 Å². The van der Waals surface area contributed by atoms with Crippen LogP contribution in [-0.4, -0.2) is 6.54 Å². The molecule has 2 nitrogen and oxygen atoms in total. The van der Waals surface area contributed by atoms with Gasteiger partial charge in [-0.05, 0) is 31.0 Å². The number of hydrogen-bond donors (Lipinski definition) is 1. The number of aryl methyl sites for hydroxylation is 1. The quantitative estimate of drug-likeness (QED) is 0.845. The zero-order valence-corrected chi connectivity index (χ0v) is 9.80. The molecule has 1 atom stereocenters. The van der Waals surface area contributed by atoms with E-state index in [-0.39, 0.29) is 5.92 Å². The van der Waals surface area contributed by atoms with Crippen LogP contribution in [0.1, 0.15) is 18.9 Å². The van der Waals surface area contributed by atoms with E-state index in [9.17, 15) is 0 Å². The molecule has 80 valence electrons. The van der Waals surface area contributed by atoms with E-state index in [1.54, 1.807) is 0 Å². The van der Waals surface area contributed by atoms with Gasteiger partial charge in [-0.3, -0.25) is 0 Å². The minimum atomic E-state index is 0.0587. The molecule has 0 radical (unpaired) electrons. The van der Waals surface area contributed by atoms with Crippen LogP contribution in [-0.2, 0) is 0 Å². The second-order valence-corrected chi connectivity index (χ2v) is 4.01. The fraction of sp³-hybridized carbons (Fsp3) is 0.417. The molecule has 0 spiro atoms. The summed E-state index contributed by atoms with van der Waals surface area (Å²) in [5.74, 6) is 0.0587. The second-order valence-electron chi connectivity index (χ2n) is 3.57. The lowest BCUT2D eigenvalue weighted by Gasteiger charge is -2.12. The molecule has 1 unspecified atom stereocenters. The van der Waals surface area contributed by atoms with Crippen molar-refractivity contribution in [2.75, 3.05) is 11.9 Å². The fourth-order valence-electron chi connectivity index (χ4n) is 1.30. The van der Waals surface area contributed by atoms with E-state index in [1.165, 1.54) is 0 Å². The number of nitrogens with one attached hydrogen (secondary N) is 1. The van der Waals surface area contributed by atoms with Gasteiger partial charge in [0.1, 0.15) is 0 Å². The highest BCUT2D eigenvalue weighted by atomic mass is 35.5. The van der Waals surface area contributed by atoms with E-state index in [0.717, 1.165) is 17.7 Å². The van der Waals surface area contributed by atoms with Gasteiger partial charge in [-0.25, -0.2) is 0 Å². The van der Waals surface area contributed by atoms with Crippen LogP contribution in [0.2, 0.25) is 5.02 Å². The fourth-order valence-corrected chi connectivity index (χ4v) is 1.47. The van der Waals surface area contributed by atoms with E-state index >= 15 is 0 Å². The Morgan fingerprint density at radius 3 is 2.87 bits per heavy atom. The van der Waals surface area contributed by atoms with Crippen LogP contribution in [0, 0.1) is 24.2 Å². The maximum Gasteiger partial charge on any atom is 0.0674 e. The molecule has 0 saturated carbocycles. The molecule has 0 amide bonds. The Balaban J connectivity index is 2.65. The van der Waals surface area contributed by atoms with E-state index in [1.807, 2.05) is 32.0 Å². The first-order valence-corrected chi connectivity index (χ1v) is 5.44. The molecule has 0 aliphatic heterocycles. The number of hydrogen-bond acceptors (Lipinski definition) is 2. The summed E-state index contributed by atoms with van der Waals surface area (Å²) in [7, 11) is 0. The van der Waals surface area contributed by atoms with Crippen molar-refractivity contribution in [2.24, 2.45) is 5.92 Å². The van der Waals surface area contributed by atoms with Gasteiger partial charge in [0, 0.05) is 17.3 Å². The molecule has 0 aliphatic carbocycles. The van der Waals surface area contributed by atoms with Crippen molar-refractivity contribution in [3.8, 4) is 6.07 Å². The van der Waals surface area contributed by atoms with Gasteiger partial charge >= 0.3 is 0 Å². The zero-order chi connectivity index (χ0) is 11.3. The Bertz CT molecular complexity index is 368. The largest absolute Gasteiger partial charge is 0.383 e. The van der Waals surface area contributed by atoms with Crippen molar-refractivity contribution < 1.29 is 0 Å². The molecule has 0 saturated heterocycles. The van der Waals surface area contributed by atoms with E-state index in [2.05, 4.69) is 11.4 Å². The predicted molar refractivity (Wildman–Crippen MR) is 64.1 cm³/mol. The number of nitriles is 1. The number of anilines is 1. The molecule has 1 N–H and O–H groups in total. The van der Waals surface area contributed by atoms with Crippen LogP contribution in [0.5, 0.6) is 0 Å². The highest BCUT2D eigenvalue weighted by molar-refractivity contribution is 6.30. The van der Waals surface area contributed by atoms with Crippen molar-refractivity contribution in [3.63, 3.8) is 0 Å². The standard InChI is InChI=1S/C12H15ClN2/c1-3-10(7-14)8-15-12-6-11(13)5-4-9(12)2/h4-6,10,15H,3,8H2,1-2H3. The number of benzene rings is 1. The highest BCUT2D eigenvalue weighted by Crippen LogP contribution is 2.20. The summed E-state index contributed by atoms with van der Waals surface area (Å²) in [5.41, 5.74) is 2.16. The molecular formula is C12H15ClN2. The summed E-state index contributed by atoms with van der Waals surface area (Å²) in [6.07, 6.45) is 0.864. The van der Waals surface area contributed by atoms with Crippen molar-refractivity contribution in [2.45, 2.75) is 20.3 Å². The third-order valence-electron chi connectivity index (χ3n) is 2.41. The van der Waals surface area contributed by atoms with Gasteiger partial charge in [0.2, 0.25) is 0 Å². The molecule has 0 heterocycles. The summed E-state index contributed by atoms with van der Waals surface area (Å²) in [5, 5.41) is 12.8. The molecular weight excluding hydrogens is 208 g/mol. The Labute approximate surface area is 95.9 Å². The first-order valence-electron chi connectivity index (χ1n) is 5.07. The van der Waals surface area contributed by atoms with Crippen molar-refractivity contribution in [3.05, 3.63) is 28.8 Å². The monoisotopic (exact) mass is 222 g/mol.